The quantitative estimate of drug-likeness (QED) is 0.758. The van der Waals surface area contributed by atoms with Crippen LogP contribution in [0.1, 0.15) is 40.8 Å². The lowest BCUT2D eigenvalue weighted by molar-refractivity contribution is 0.868. The van der Waals surface area contributed by atoms with Crippen LogP contribution in [0.25, 0.3) is 0 Å². The predicted molar refractivity (Wildman–Crippen MR) is 88.9 cm³/mol. The number of benzene rings is 2. The van der Waals surface area contributed by atoms with E-state index in [4.69, 9.17) is 11.6 Å². The van der Waals surface area contributed by atoms with E-state index in [1.54, 1.807) is 0 Å². The summed E-state index contributed by atoms with van der Waals surface area (Å²) in [6, 6.07) is 10.8. The third-order valence-electron chi connectivity index (χ3n) is 3.99. The predicted octanol–water partition coefficient (Wildman–Crippen LogP) is 5.75. The zero-order chi connectivity index (χ0) is 14.9. The van der Waals surface area contributed by atoms with Crippen molar-refractivity contribution in [2.24, 2.45) is 0 Å². The lowest BCUT2D eigenvalue weighted by Crippen LogP contribution is -2.10. The van der Waals surface area contributed by atoms with Crippen LogP contribution < -0.4 is 5.32 Å². The first-order valence-corrected chi connectivity index (χ1v) is 7.37. The molecule has 0 aromatic heterocycles. The highest BCUT2D eigenvalue weighted by molar-refractivity contribution is 6.31. The van der Waals surface area contributed by atoms with Crippen LogP contribution in [0, 0.1) is 27.7 Å². The maximum atomic E-state index is 6.18. The summed E-state index contributed by atoms with van der Waals surface area (Å²) in [6.45, 7) is 10.7. The Kier molecular flexibility index (Phi) is 4.39. The summed E-state index contributed by atoms with van der Waals surface area (Å²) < 4.78 is 0. The van der Waals surface area contributed by atoms with Crippen LogP contribution in [0.2, 0.25) is 5.02 Å². The lowest BCUT2D eigenvalue weighted by atomic mass is 9.96. The van der Waals surface area contributed by atoms with Gasteiger partial charge in [-0.3, -0.25) is 0 Å². The molecule has 0 fully saturated rings. The highest BCUT2D eigenvalue weighted by atomic mass is 35.5. The molecule has 106 valence electrons. The lowest BCUT2D eigenvalue weighted by Gasteiger charge is -2.21. The zero-order valence-corrected chi connectivity index (χ0v) is 13.6. The van der Waals surface area contributed by atoms with Crippen molar-refractivity contribution in [1.29, 1.82) is 0 Å². The Hall–Kier alpha value is -1.47. The first-order valence-electron chi connectivity index (χ1n) is 6.99. The van der Waals surface area contributed by atoms with Crippen molar-refractivity contribution < 1.29 is 0 Å². The second-order valence-corrected chi connectivity index (χ2v) is 5.98. The van der Waals surface area contributed by atoms with Gasteiger partial charge in [0.05, 0.1) is 0 Å². The molecule has 0 aliphatic carbocycles. The van der Waals surface area contributed by atoms with Crippen molar-refractivity contribution in [3.8, 4) is 0 Å². The molecule has 1 nitrogen and oxygen atoms in total. The fourth-order valence-electron chi connectivity index (χ4n) is 2.52. The summed E-state index contributed by atoms with van der Waals surface area (Å²) in [5.41, 5.74) is 7.55. The molecule has 2 aromatic rings. The molecule has 0 amide bonds. The molecule has 0 bridgehead atoms. The molecule has 1 unspecified atom stereocenters. The first kappa shape index (κ1) is 14.9. The van der Waals surface area contributed by atoms with Crippen LogP contribution in [-0.2, 0) is 0 Å². The van der Waals surface area contributed by atoms with Crippen LogP contribution in [0.5, 0.6) is 0 Å². The summed E-state index contributed by atoms with van der Waals surface area (Å²) in [5.74, 6) is 0. The molecule has 0 aliphatic rings. The van der Waals surface area contributed by atoms with Crippen molar-refractivity contribution in [2.75, 3.05) is 5.32 Å². The van der Waals surface area contributed by atoms with Gasteiger partial charge in [-0.25, -0.2) is 0 Å². The van der Waals surface area contributed by atoms with E-state index in [9.17, 15) is 0 Å². The maximum absolute atomic E-state index is 6.18. The van der Waals surface area contributed by atoms with Crippen molar-refractivity contribution in [1.82, 2.24) is 0 Å². The number of anilines is 1. The number of rotatable bonds is 3. The standard InChI is InChI=1S/C18H22ClN/c1-11-9-13(3)16(10-12(11)2)15(5)20-18-8-6-7-17(19)14(18)4/h6-10,15,20H,1-5H3. The van der Waals surface area contributed by atoms with E-state index in [1.165, 1.54) is 22.3 Å². The highest BCUT2D eigenvalue weighted by Crippen LogP contribution is 2.29. The molecule has 2 rings (SSSR count). The molecular weight excluding hydrogens is 266 g/mol. The minimum Gasteiger partial charge on any atom is -0.378 e. The van der Waals surface area contributed by atoms with Crippen LogP contribution >= 0.6 is 11.6 Å². The smallest absolute Gasteiger partial charge is 0.0488 e. The summed E-state index contributed by atoms with van der Waals surface area (Å²) in [6.07, 6.45) is 0. The second-order valence-electron chi connectivity index (χ2n) is 5.57. The first-order chi connectivity index (χ1) is 9.40. The van der Waals surface area contributed by atoms with Gasteiger partial charge in [-0.2, -0.15) is 0 Å². The van der Waals surface area contributed by atoms with Crippen LogP contribution in [0.15, 0.2) is 30.3 Å². The Labute approximate surface area is 127 Å². The average molecular weight is 288 g/mol. The van der Waals surface area contributed by atoms with E-state index in [1.807, 2.05) is 19.1 Å². The molecule has 0 spiro atoms. The fourth-order valence-corrected chi connectivity index (χ4v) is 2.70. The number of aryl methyl sites for hydroxylation is 3. The van der Waals surface area contributed by atoms with Gasteiger partial charge in [0, 0.05) is 16.8 Å². The number of halogens is 1. The monoisotopic (exact) mass is 287 g/mol. The number of nitrogens with one attached hydrogen (secondary N) is 1. The summed E-state index contributed by atoms with van der Waals surface area (Å²) in [4.78, 5) is 0. The molecule has 0 aliphatic heterocycles. The minimum atomic E-state index is 0.256. The Morgan fingerprint density at radius 1 is 0.950 bits per heavy atom. The molecular formula is C18H22ClN. The van der Waals surface area contributed by atoms with Crippen molar-refractivity contribution in [2.45, 2.75) is 40.7 Å². The van der Waals surface area contributed by atoms with E-state index >= 15 is 0 Å². The van der Waals surface area contributed by atoms with Gasteiger partial charge in [-0.05, 0) is 74.6 Å². The topological polar surface area (TPSA) is 12.0 Å². The largest absolute Gasteiger partial charge is 0.378 e. The molecule has 2 aromatic carbocycles. The molecule has 2 heteroatoms. The maximum Gasteiger partial charge on any atom is 0.0488 e. The molecule has 0 radical (unpaired) electrons. The van der Waals surface area contributed by atoms with E-state index in [0.29, 0.717) is 0 Å². The van der Waals surface area contributed by atoms with Gasteiger partial charge in [0.15, 0.2) is 0 Å². The highest BCUT2D eigenvalue weighted by Gasteiger charge is 2.11. The SMILES string of the molecule is Cc1cc(C)c(C(C)Nc2cccc(Cl)c2C)cc1C. The van der Waals surface area contributed by atoms with Crippen molar-refractivity contribution >= 4 is 17.3 Å². The van der Waals surface area contributed by atoms with E-state index in [0.717, 1.165) is 16.3 Å². The number of hydrogen-bond donors (Lipinski definition) is 1. The van der Waals surface area contributed by atoms with Gasteiger partial charge in [0.25, 0.3) is 0 Å². The van der Waals surface area contributed by atoms with Gasteiger partial charge in [0.2, 0.25) is 0 Å². The Morgan fingerprint density at radius 2 is 1.60 bits per heavy atom. The van der Waals surface area contributed by atoms with Crippen molar-refractivity contribution in [3.05, 3.63) is 63.2 Å². The number of hydrogen-bond acceptors (Lipinski definition) is 1. The molecule has 20 heavy (non-hydrogen) atoms. The van der Waals surface area contributed by atoms with Gasteiger partial charge in [0.1, 0.15) is 0 Å². The average Bonchev–Trinajstić information content (AvgIpc) is 2.39. The summed E-state index contributed by atoms with van der Waals surface area (Å²) >= 11 is 6.18. The summed E-state index contributed by atoms with van der Waals surface area (Å²) in [7, 11) is 0. The van der Waals surface area contributed by atoms with Gasteiger partial charge in [-0.15, -0.1) is 0 Å². The van der Waals surface area contributed by atoms with E-state index < -0.39 is 0 Å². The molecule has 1 N–H and O–H groups in total. The van der Waals surface area contributed by atoms with E-state index in [2.05, 4.69) is 51.2 Å². The Bertz CT molecular complexity index is 632. The van der Waals surface area contributed by atoms with E-state index in [-0.39, 0.29) is 6.04 Å². The van der Waals surface area contributed by atoms with Crippen LogP contribution in [0.3, 0.4) is 0 Å². The Morgan fingerprint density at radius 3 is 2.30 bits per heavy atom. The third kappa shape index (κ3) is 2.99. The minimum absolute atomic E-state index is 0.256. The molecule has 0 saturated heterocycles. The Balaban J connectivity index is 2.31. The molecule has 0 heterocycles. The zero-order valence-electron chi connectivity index (χ0n) is 12.8. The fraction of sp³-hybridized carbons (Fsp3) is 0.333. The summed E-state index contributed by atoms with van der Waals surface area (Å²) in [5, 5.41) is 4.37. The second kappa shape index (κ2) is 5.88. The normalized spacial score (nSPS) is 12.3. The molecule has 0 saturated carbocycles. The van der Waals surface area contributed by atoms with Crippen LogP contribution in [-0.4, -0.2) is 0 Å². The van der Waals surface area contributed by atoms with Crippen molar-refractivity contribution in [3.63, 3.8) is 0 Å². The van der Waals surface area contributed by atoms with Gasteiger partial charge >= 0.3 is 0 Å². The van der Waals surface area contributed by atoms with Gasteiger partial charge in [-0.1, -0.05) is 29.8 Å². The van der Waals surface area contributed by atoms with Crippen LogP contribution in [0.4, 0.5) is 5.69 Å². The molecule has 1 atom stereocenters. The van der Waals surface area contributed by atoms with Gasteiger partial charge < -0.3 is 5.32 Å². The third-order valence-corrected chi connectivity index (χ3v) is 4.40.